The highest BCUT2D eigenvalue weighted by Gasteiger charge is 2.13. The molecular weight excluding hydrogens is 226 g/mol. The zero-order chi connectivity index (χ0) is 12.7. The van der Waals surface area contributed by atoms with Crippen LogP contribution in [0, 0.1) is 6.92 Å². The monoisotopic (exact) mass is 239 g/mol. The Kier molecular flexibility index (Phi) is 2.30. The lowest BCUT2D eigenvalue weighted by Gasteiger charge is -2.06. The molecule has 0 atom stereocenters. The highest BCUT2D eigenvalue weighted by Crippen LogP contribution is 2.30. The van der Waals surface area contributed by atoms with Gasteiger partial charge in [0.25, 0.3) is 0 Å². The minimum atomic E-state index is 0.243. The fourth-order valence-corrected chi connectivity index (χ4v) is 2.12. The summed E-state index contributed by atoms with van der Waals surface area (Å²) in [6.45, 7) is 1.99. The third-order valence-corrected chi connectivity index (χ3v) is 3.08. The molecular formula is C14H13N3O. The summed E-state index contributed by atoms with van der Waals surface area (Å²) in [4.78, 5) is 8.59. The van der Waals surface area contributed by atoms with Crippen LogP contribution in [0.3, 0.4) is 0 Å². The van der Waals surface area contributed by atoms with Gasteiger partial charge in [-0.25, -0.2) is 4.98 Å². The average molecular weight is 239 g/mol. The number of hydrogen-bond donors (Lipinski definition) is 1. The second-order valence-corrected chi connectivity index (χ2v) is 4.38. The van der Waals surface area contributed by atoms with Crippen molar-refractivity contribution in [3.8, 4) is 17.1 Å². The Morgan fingerprint density at radius 1 is 1.22 bits per heavy atom. The minimum Gasteiger partial charge on any atom is -0.507 e. The molecule has 0 unspecified atom stereocenters. The maximum absolute atomic E-state index is 9.97. The molecule has 0 radical (unpaired) electrons. The van der Waals surface area contributed by atoms with Crippen LogP contribution >= 0.6 is 0 Å². The van der Waals surface area contributed by atoms with E-state index in [0.29, 0.717) is 0 Å². The standard InChI is InChI=1S/C14H13N3O/c1-9-3-4-13(18)10(7-9)14-16-11-8-15-6-5-12(11)17(14)2/h3-8,18H,1-2H3. The van der Waals surface area contributed by atoms with E-state index in [1.807, 2.05) is 36.7 Å². The van der Waals surface area contributed by atoms with Crippen LogP contribution in [0.4, 0.5) is 0 Å². The molecule has 0 aliphatic heterocycles. The number of fused-ring (bicyclic) bond motifs is 1. The normalized spacial score (nSPS) is 11.0. The molecule has 0 aliphatic rings. The van der Waals surface area contributed by atoms with Crippen molar-refractivity contribution in [2.45, 2.75) is 6.92 Å². The molecule has 0 aliphatic carbocycles. The highest BCUT2D eigenvalue weighted by atomic mass is 16.3. The van der Waals surface area contributed by atoms with Gasteiger partial charge in [0.05, 0.1) is 17.3 Å². The molecule has 90 valence electrons. The number of imidazole rings is 1. The summed E-state index contributed by atoms with van der Waals surface area (Å²) in [5.74, 6) is 0.992. The fourth-order valence-electron chi connectivity index (χ4n) is 2.12. The summed E-state index contributed by atoms with van der Waals surface area (Å²) >= 11 is 0. The fraction of sp³-hybridized carbons (Fsp3) is 0.143. The van der Waals surface area contributed by atoms with E-state index >= 15 is 0 Å². The van der Waals surface area contributed by atoms with Crippen LogP contribution in [0.5, 0.6) is 5.75 Å². The molecule has 2 heterocycles. The number of rotatable bonds is 1. The summed E-state index contributed by atoms with van der Waals surface area (Å²) < 4.78 is 1.96. The Balaban J connectivity index is 2.31. The van der Waals surface area contributed by atoms with Gasteiger partial charge in [-0.3, -0.25) is 4.98 Å². The molecule has 4 nitrogen and oxygen atoms in total. The van der Waals surface area contributed by atoms with Gasteiger partial charge in [-0.2, -0.15) is 0 Å². The van der Waals surface area contributed by atoms with Crippen LogP contribution in [-0.2, 0) is 7.05 Å². The van der Waals surface area contributed by atoms with Crippen molar-refractivity contribution in [3.63, 3.8) is 0 Å². The van der Waals surface area contributed by atoms with Gasteiger partial charge in [0.2, 0.25) is 0 Å². The molecule has 1 N–H and O–H groups in total. The number of hydrogen-bond acceptors (Lipinski definition) is 3. The number of aryl methyl sites for hydroxylation is 2. The lowest BCUT2D eigenvalue weighted by molar-refractivity contribution is 0.476. The molecule has 0 bridgehead atoms. The zero-order valence-corrected chi connectivity index (χ0v) is 10.3. The molecule has 1 aromatic carbocycles. The van der Waals surface area contributed by atoms with Gasteiger partial charge in [0.1, 0.15) is 17.1 Å². The van der Waals surface area contributed by atoms with Gasteiger partial charge in [-0.1, -0.05) is 11.6 Å². The predicted octanol–water partition coefficient (Wildman–Crippen LogP) is 2.65. The van der Waals surface area contributed by atoms with E-state index in [1.54, 1.807) is 18.5 Å². The van der Waals surface area contributed by atoms with E-state index in [1.165, 1.54) is 0 Å². The third-order valence-electron chi connectivity index (χ3n) is 3.08. The Hall–Kier alpha value is -2.36. The van der Waals surface area contributed by atoms with E-state index in [4.69, 9.17) is 0 Å². The Bertz CT molecular complexity index is 731. The molecule has 0 saturated heterocycles. The number of aromatic hydroxyl groups is 1. The first-order valence-electron chi connectivity index (χ1n) is 5.73. The maximum Gasteiger partial charge on any atom is 0.144 e. The first-order valence-corrected chi connectivity index (χ1v) is 5.73. The van der Waals surface area contributed by atoms with E-state index in [9.17, 15) is 5.11 Å². The molecule has 3 rings (SSSR count). The molecule has 0 amide bonds. The van der Waals surface area contributed by atoms with E-state index in [0.717, 1.165) is 28.0 Å². The zero-order valence-electron chi connectivity index (χ0n) is 10.3. The number of phenols is 1. The number of nitrogens with zero attached hydrogens (tertiary/aromatic N) is 3. The molecule has 0 fully saturated rings. The van der Waals surface area contributed by atoms with Gasteiger partial charge in [0, 0.05) is 13.2 Å². The topological polar surface area (TPSA) is 50.9 Å². The van der Waals surface area contributed by atoms with Crippen molar-refractivity contribution >= 4 is 11.0 Å². The SMILES string of the molecule is Cc1ccc(O)c(-c2nc3cnccc3n2C)c1. The van der Waals surface area contributed by atoms with E-state index in [2.05, 4.69) is 9.97 Å². The average Bonchev–Trinajstić information content (AvgIpc) is 2.71. The molecule has 4 heteroatoms. The molecule has 0 saturated carbocycles. The first kappa shape index (κ1) is 10.8. The van der Waals surface area contributed by atoms with Gasteiger partial charge in [-0.15, -0.1) is 0 Å². The van der Waals surface area contributed by atoms with Crippen LogP contribution in [-0.4, -0.2) is 19.6 Å². The highest BCUT2D eigenvalue weighted by molar-refractivity contribution is 5.81. The molecule has 2 aromatic heterocycles. The van der Waals surface area contributed by atoms with E-state index < -0.39 is 0 Å². The minimum absolute atomic E-state index is 0.243. The van der Waals surface area contributed by atoms with Crippen LogP contribution in [0.1, 0.15) is 5.56 Å². The summed E-state index contributed by atoms with van der Waals surface area (Å²) in [5, 5.41) is 9.97. The summed E-state index contributed by atoms with van der Waals surface area (Å²) in [6, 6.07) is 7.42. The molecule has 0 spiro atoms. The summed E-state index contributed by atoms with van der Waals surface area (Å²) in [6.07, 6.45) is 3.47. The van der Waals surface area contributed by atoms with Crippen LogP contribution < -0.4 is 0 Å². The van der Waals surface area contributed by atoms with E-state index in [-0.39, 0.29) is 5.75 Å². The number of benzene rings is 1. The lowest BCUT2D eigenvalue weighted by atomic mass is 10.1. The first-order chi connectivity index (χ1) is 8.66. The molecule has 18 heavy (non-hydrogen) atoms. The largest absolute Gasteiger partial charge is 0.507 e. The quantitative estimate of drug-likeness (QED) is 0.710. The van der Waals surface area contributed by atoms with Crippen molar-refractivity contribution in [1.82, 2.24) is 14.5 Å². The maximum atomic E-state index is 9.97. The number of phenolic OH excluding ortho intramolecular Hbond substituents is 1. The second-order valence-electron chi connectivity index (χ2n) is 4.38. The van der Waals surface area contributed by atoms with Crippen molar-refractivity contribution in [1.29, 1.82) is 0 Å². The van der Waals surface area contributed by atoms with Crippen molar-refractivity contribution in [2.24, 2.45) is 7.05 Å². The van der Waals surface area contributed by atoms with Crippen LogP contribution in [0.2, 0.25) is 0 Å². The van der Waals surface area contributed by atoms with Crippen LogP contribution in [0.15, 0.2) is 36.7 Å². The summed E-state index contributed by atoms with van der Waals surface area (Å²) in [5.41, 5.74) is 3.67. The van der Waals surface area contributed by atoms with Crippen molar-refractivity contribution < 1.29 is 5.11 Å². The predicted molar refractivity (Wildman–Crippen MR) is 70.3 cm³/mol. The van der Waals surface area contributed by atoms with Gasteiger partial charge in [-0.05, 0) is 25.1 Å². The third kappa shape index (κ3) is 1.54. The van der Waals surface area contributed by atoms with Crippen molar-refractivity contribution in [2.75, 3.05) is 0 Å². The molecule has 3 aromatic rings. The summed E-state index contributed by atoms with van der Waals surface area (Å²) in [7, 11) is 1.94. The Morgan fingerprint density at radius 2 is 2.06 bits per heavy atom. The van der Waals surface area contributed by atoms with Gasteiger partial charge in [0.15, 0.2) is 0 Å². The lowest BCUT2D eigenvalue weighted by Crippen LogP contribution is -1.93. The van der Waals surface area contributed by atoms with Crippen molar-refractivity contribution in [3.05, 3.63) is 42.2 Å². The Labute approximate surface area is 105 Å². The number of pyridine rings is 1. The second kappa shape index (κ2) is 3.84. The van der Waals surface area contributed by atoms with Gasteiger partial charge >= 0.3 is 0 Å². The smallest absolute Gasteiger partial charge is 0.144 e. The Morgan fingerprint density at radius 3 is 2.83 bits per heavy atom. The van der Waals surface area contributed by atoms with Gasteiger partial charge < -0.3 is 9.67 Å². The number of aromatic nitrogens is 3. The van der Waals surface area contributed by atoms with Crippen LogP contribution in [0.25, 0.3) is 22.4 Å².